The highest BCUT2D eigenvalue weighted by Gasteiger charge is 2.05. The van der Waals surface area contributed by atoms with Gasteiger partial charge in [0, 0.05) is 5.92 Å². The fourth-order valence-electron chi connectivity index (χ4n) is 0.593. The average Bonchev–Trinajstić information content (AvgIpc) is 2.02. The van der Waals surface area contributed by atoms with Crippen LogP contribution in [0.2, 0.25) is 0 Å². The van der Waals surface area contributed by atoms with Crippen LogP contribution in [0, 0.1) is 17.8 Å². The third-order valence-electron chi connectivity index (χ3n) is 1.67. The highest BCUT2D eigenvalue weighted by atomic mass is 16.1. The monoisotopic (exact) mass is 167 g/mol. The molecule has 1 atom stereocenters. The van der Waals surface area contributed by atoms with E-state index in [1.807, 2.05) is 32.8 Å². The largest absolute Gasteiger partial charge is 0.299 e. The van der Waals surface area contributed by atoms with Crippen molar-refractivity contribution >= 4 is 5.78 Å². The lowest BCUT2D eigenvalue weighted by Crippen LogP contribution is -2.12. The molecule has 0 saturated heterocycles. The Morgan fingerprint density at radius 2 is 2.08 bits per heavy atom. The first-order valence-electron chi connectivity index (χ1n) is 4.25. The molecule has 2 nitrogen and oxygen atoms in total. The van der Waals surface area contributed by atoms with Crippen LogP contribution in [0.5, 0.6) is 0 Å². The van der Waals surface area contributed by atoms with Gasteiger partial charge in [0.15, 0.2) is 0 Å². The molecule has 0 rings (SSSR count). The molecule has 0 heterocycles. The molecule has 0 aromatic heterocycles. The molecule has 0 N–H and O–H groups in total. The van der Waals surface area contributed by atoms with E-state index < -0.39 is 0 Å². The molecule has 0 aromatic rings. The van der Waals surface area contributed by atoms with Crippen molar-refractivity contribution in [1.29, 1.82) is 0 Å². The Kier molecular flexibility index (Phi) is 5.40. The maximum atomic E-state index is 11.2. The summed E-state index contributed by atoms with van der Waals surface area (Å²) in [6.45, 7) is 4.56. The molecule has 0 fully saturated rings. The highest BCUT2D eigenvalue weighted by molar-refractivity contribution is 5.97. The van der Waals surface area contributed by atoms with Crippen LogP contribution < -0.4 is 0 Å². The van der Waals surface area contributed by atoms with Gasteiger partial charge in [-0.2, -0.15) is 0 Å². The number of nitrogens with zero attached hydrogens (tertiary/aromatic N) is 1. The molecule has 0 amide bonds. The van der Waals surface area contributed by atoms with Crippen molar-refractivity contribution in [3.05, 3.63) is 0 Å². The van der Waals surface area contributed by atoms with E-state index >= 15 is 0 Å². The van der Waals surface area contributed by atoms with Gasteiger partial charge in [-0.1, -0.05) is 19.8 Å². The van der Waals surface area contributed by atoms with E-state index in [1.165, 1.54) is 0 Å². The van der Waals surface area contributed by atoms with E-state index in [0.29, 0.717) is 6.54 Å². The lowest BCUT2D eigenvalue weighted by molar-refractivity contribution is -0.116. The molecule has 0 aromatic carbocycles. The van der Waals surface area contributed by atoms with Crippen LogP contribution in [0.15, 0.2) is 0 Å². The summed E-state index contributed by atoms with van der Waals surface area (Å²) >= 11 is 0. The quantitative estimate of drug-likeness (QED) is 0.464. The van der Waals surface area contributed by atoms with Crippen LogP contribution in [-0.4, -0.2) is 31.3 Å². The summed E-state index contributed by atoms with van der Waals surface area (Å²) in [5.41, 5.74) is 0. The summed E-state index contributed by atoms with van der Waals surface area (Å²) in [4.78, 5) is 13.1. The first-order chi connectivity index (χ1) is 5.57. The summed E-state index contributed by atoms with van der Waals surface area (Å²) in [5.74, 6) is 5.60. The van der Waals surface area contributed by atoms with Crippen LogP contribution in [0.25, 0.3) is 0 Å². The van der Waals surface area contributed by atoms with Crippen molar-refractivity contribution in [1.82, 2.24) is 4.90 Å². The van der Waals surface area contributed by atoms with Crippen molar-refractivity contribution in [2.75, 3.05) is 20.6 Å². The Morgan fingerprint density at radius 1 is 1.50 bits per heavy atom. The van der Waals surface area contributed by atoms with Gasteiger partial charge in [0.05, 0.1) is 6.54 Å². The minimum absolute atomic E-state index is 0.0550. The standard InChI is InChI=1S/C10H17NO/c1-5-9(2)10(12)7-6-8-11(3)4/h9H,5,8H2,1-4H3. The van der Waals surface area contributed by atoms with Gasteiger partial charge in [-0.3, -0.25) is 9.69 Å². The summed E-state index contributed by atoms with van der Waals surface area (Å²) in [7, 11) is 3.87. The van der Waals surface area contributed by atoms with E-state index in [1.54, 1.807) is 0 Å². The topological polar surface area (TPSA) is 20.3 Å². The molecule has 1 unspecified atom stereocenters. The molecular weight excluding hydrogens is 150 g/mol. The van der Waals surface area contributed by atoms with Gasteiger partial charge in [-0.05, 0) is 26.4 Å². The fraction of sp³-hybridized carbons (Fsp3) is 0.700. The van der Waals surface area contributed by atoms with Crippen LogP contribution >= 0.6 is 0 Å². The number of hydrogen-bond acceptors (Lipinski definition) is 2. The summed E-state index contributed by atoms with van der Waals surface area (Å²) in [6.07, 6.45) is 0.871. The number of ketones is 1. The SMILES string of the molecule is CCC(C)C(=O)C#CCN(C)C. The minimum atomic E-state index is 0.0550. The summed E-state index contributed by atoms with van der Waals surface area (Å²) in [6, 6.07) is 0. The Morgan fingerprint density at radius 3 is 2.50 bits per heavy atom. The molecule has 0 radical (unpaired) electrons. The molecule has 0 saturated carbocycles. The molecule has 12 heavy (non-hydrogen) atoms. The third kappa shape index (κ3) is 4.92. The summed E-state index contributed by atoms with van der Waals surface area (Å²) in [5, 5.41) is 0. The van der Waals surface area contributed by atoms with Crippen LogP contribution in [0.1, 0.15) is 20.3 Å². The van der Waals surface area contributed by atoms with Gasteiger partial charge in [-0.25, -0.2) is 0 Å². The van der Waals surface area contributed by atoms with E-state index in [2.05, 4.69) is 11.8 Å². The minimum Gasteiger partial charge on any atom is -0.299 e. The first kappa shape index (κ1) is 11.2. The molecule has 68 valence electrons. The number of carbonyl (C=O) groups is 1. The van der Waals surface area contributed by atoms with Crippen molar-refractivity contribution < 1.29 is 4.79 Å². The predicted octanol–water partition coefficient (Wildman–Crippen LogP) is 1.17. The van der Waals surface area contributed by atoms with E-state index in [4.69, 9.17) is 0 Å². The van der Waals surface area contributed by atoms with Crippen molar-refractivity contribution in [2.24, 2.45) is 5.92 Å². The zero-order valence-corrected chi connectivity index (χ0v) is 8.35. The van der Waals surface area contributed by atoms with Gasteiger partial charge in [-0.15, -0.1) is 0 Å². The maximum absolute atomic E-state index is 11.2. The zero-order valence-electron chi connectivity index (χ0n) is 8.35. The number of hydrogen-bond donors (Lipinski definition) is 0. The second kappa shape index (κ2) is 5.79. The number of Topliss-reactive ketones (excluding diaryl/α,β-unsaturated/α-hetero) is 1. The first-order valence-corrected chi connectivity index (χ1v) is 4.25. The van der Waals surface area contributed by atoms with Crippen molar-refractivity contribution in [2.45, 2.75) is 20.3 Å². The Bertz CT molecular complexity index is 198. The summed E-state index contributed by atoms with van der Waals surface area (Å²) < 4.78 is 0. The Labute approximate surface area is 74.9 Å². The Hall–Kier alpha value is -0.810. The van der Waals surface area contributed by atoms with Gasteiger partial charge in [0.1, 0.15) is 0 Å². The maximum Gasteiger partial charge on any atom is 0.208 e. The fourth-order valence-corrected chi connectivity index (χ4v) is 0.593. The average molecular weight is 167 g/mol. The highest BCUT2D eigenvalue weighted by Crippen LogP contribution is 2.00. The second-order valence-corrected chi connectivity index (χ2v) is 3.21. The van der Waals surface area contributed by atoms with E-state index in [9.17, 15) is 4.79 Å². The lowest BCUT2D eigenvalue weighted by Gasteiger charge is -2.02. The van der Waals surface area contributed by atoms with Gasteiger partial charge in [0.2, 0.25) is 5.78 Å². The van der Waals surface area contributed by atoms with Crippen LogP contribution in [0.3, 0.4) is 0 Å². The predicted molar refractivity (Wildman–Crippen MR) is 50.8 cm³/mol. The van der Waals surface area contributed by atoms with E-state index in [-0.39, 0.29) is 11.7 Å². The van der Waals surface area contributed by atoms with Crippen LogP contribution in [-0.2, 0) is 4.79 Å². The Balaban J connectivity index is 3.87. The molecule has 0 aliphatic carbocycles. The van der Waals surface area contributed by atoms with Crippen molar-refractivity contribution in [3.8, 4) is 11.8 Å². The van der Waals surface area contributed by atoms with Crippen LogP contribution in [0.4, 0.5) is 0 Å². The number of carbonyl (C=O) groups excluding carboxylic acids is 1. The van der Waals surface area contributed by atoms with Gasteiger partial charge >= 0.3 is 0 Å². The third-order valence-corrected chi connectivity index (χ3v) is 1.67. The van der Waals surface area contributed by atoms with Crippen molar-refractivity contribution in [3.63, 3.8) is 0 Å². The molecule has 0 aliphatic rings. The molecule has 0 spiro atoms. The molecule has 0 bridgehead atoms. The normalized spacial score (nSPS) is 12.1. The number of rotatable bonds is 3. The lowest BCUT2D eigenvalue weighted by atomic mass is 10.0. The van der Waals surface area contributed by atoms with Gasteiger partial charge < -0.3 is 0 Å². The zero-order chi connectivity index (χ0) is 9.56. The van der Waals surface area contributed by atoms with E-state index in [0.717, 1.165) is 6.42 Å². The smallest absolute Gasteiger partial charge is 0.208 e. The molecular formula is C10H17NO. The van der Waals surface area contributed by atoms with Gasteiger partial charge in [0.25, 0.3) is 0 Å². The second-order valence-electron chi connectivity index (χ2n) is 3.21. The molecule has 0 aliphatic heterocycles. The molecule has 2 heteroatoms.